The molecule has 1 aromatic carbocycles. The SMILES string of the molecule is Nc1ccc(CN(CCO)CCO)c(O)c1. The standard InChI is InChI=1S/C11H18N2O3/c12-10-2-1-9(11(16)7-10)8-13(3-5-14)4-6-15/h1-2,7,14-16H,3-6,8,12H2. The molecule has 1 aromatic rings. The number of phenolic OH excluding ortho intramolecular Hbond substituents is 1. The van der Waals surface area contributed by atoms with Gasteiger partial charge in [0.05, 0.1) is 13.2 Å². The van der Waals surface area contributed by atoms with Gasteiger partial charge in [-0.25, -0.2) is 0 Å². The lowest BCUT2D eigenvalue weighted by atomic mass is 10.1. The Labute approximate surface area is 94.7 Å². The molecule has 0 aromatic heterocycles. The van der Waals surface area contributed by atoms with E-state index >= 15 is 0 Å². The second-order valence-corrected chi connectivity index (χ2v) is 3.61. The third-order valence-electron chi connectivity index (χ3n) is 2.34. The highest BCUT2D eigenvalue weighted by molar-refractivity contribution is 5.47. The van der Waals surface area contributed by atoms with Gasteiger partial charge in [-0.05, 0) is 6.07 Å². The molecule has 0 heterocycles. The molecule has 0 unspecified atom stereocenters. The van der Waals surface area contributed by atoms with E-state index in [9.17, 15) is 5.11 Å². The van der Waals surface area contributed by atoms with Crippen LogP contribution in [0.2, 0.25) is 0 Å². The summed E-state index contributed by atoms with van der Waals surface area (Å²) in [5.74, 6) is 0.140. The molecule has 0 fully saturated rings. The first-order valence-electron chi connectivity index (χ1n) is 5.19. The minimum Gasteiger partial charge on any atom is -0.508 e. The Balaban J connectivity index is 2.68. The fourth-order valence-electron chi connectivity index (χ4n) is 1.51. The first-order valence-corrected chi connectivity index (χ1v) is 5.19. The third kappa shape index (κ3) is 3.69. The van der Waals surface area contributed by atoms with Gasteiger partial charge < -0.3 is 21.1 Å². The third-order valence-corrected chi connectivity index (χ3v) is 2.34. The molecule has 0 bridgehead atoms. The number of hydrogen-bond donors (Lipinski definition) is 4. The van der Waals surface area contributed by atoms with E-state index < -0.39 is 0 Å². The number of nitrogen functional groups attached to an aromatic ring is 1. The quantitative estimate of drug-likeness (QED) is 0.503. The maximum atomic E-state index is 9.65. The Bertz CT molecular complexity index is 325. The van der Waals surface area contributed by atoms with Crippen molar-refractivity contribution in [1.29, 1.82) is 0 Å². The molecule has 0 aliphatic carbocycles. The molecule has 0 amide bonds. The molecule has 0 aliphatic heterocycles. The van der Waals surface area contributed by atoms with Gasteiger partial charge in [-0.15, -0.1) is 0 Å². The Morgan fingerprint density at radius 2 is 1.75 bits per heavy atom. The van der Waals surface area contributed by atoms with Crippen LogP contribution in [0.3, 0.4) is 0 Å². The van der Waals surface area contributed by atoms with E-state index in [-0.39, 0.29) is 19.0 Å². The number of phenols is 1. The molecule has 0 radical (unpaired) electrons. The molecular formula is C11H18N2O3. The summed E-state index contributed by atoms with van der Waals surface area (Å²) in [6.45, 7) is 1.45. The Kier molecular flexibility index (Phi) is 5.04. The summed E-state index contributed by atoms with van der Waals surface area (Å²) in [5.41, 5.74) is 6.77. The van der Waals surface area contributed by atoms with Crippen LogP contribution < -0.4 is 5.73 Å². The van der Waals surface area contributed by atoms with Crippen LogP contribution in [0.15, 0.2) is 18.2 Å². The van der Waals surface area contributed by atoms with Gasteiger partial charge in [-0.1, -0.05) is 6.07 Å². The van der Waals surface area contributed by atoms with Crippen molar-refractivity contribution in [1.82, 2.24) is 4.90 Å². The van der Waals surface area contributed by atoms with E-state index in [0.29, 0.717) is 25.3 Å². The van der Waals surface area contributed by atoms with Crippen LogP contribution in [0.1, 0.15) is 5.56 Å². The van der Waals surface area contributed by atoms with Gasteiger partial charge in [-0.2, -0.15) is 0 Å². The number of rotatable bonds is 6. The summed E-state index contributed by atoms with van der Waals surface area (Å²) in [6.07, 6.45) is 0. The van der Waals surface area contributed by atoms with Gasteiger partial charge in [0, 0.05) is 37.0 Å². The van der Waals surface area contributed by atoms with Crippen LogP contribution in [0.5, 0.6) is 5.75 Å². The van der Waals surface area contributed by atoms with Crippen LogP contribution in [0, 0.1) is 0 Å². The van der Waals surface area contributed by atoms with E-state index in [2.05, 4.69) is 0 Å². The summed E-state index contributed by atoms with van der Waals surface area (Å²) >= 11 is 0. The van der Waals surface area contributed by atoms with Crippen LogP contribution in [-0.4, -0.2) is 46.5 Å². The lowest BCUT2D eigenvalue weighted by Crippen LogP contribution is -2.29. The summed E-state index contributed by atoms with van der Waals surface area (Å²) in [5, 5.41) is 27.3. The van der Waals surface area contributed by atoms with E-state index in [1.807, 2.05) is 4.90 Å². The zero-order chi connectivity index (χ0) is 12.0. The normalized spacial score (nSPS) is 10.9. The van der Waals surface area contributed by atoms with Gasteiger partial charge in [0.25, 0.3) is 0 Å². The van der Waals surface area contributed by atoms with Crippen LogP contribution in [0.4, 0.5) is 5.69 Å². The van der Waals surface area contributed by atoms with E-state index in [0.717, 1.165) is 5.56 Å². The highest BCUT2D eigenvalue weighted by Gasteiger charge is 2.08. The number of benzene rings is 1. The predicted molar refractivity (Wildman–Crippen MR) is 62.0 cm³/mol. The van der Waals surface area contributed by atoms with Crippen LogP contribution in [-0.2, 0) is 6.54 Å². The number of anilines is 1. The van der Waals surface area contributed by atoms with Crippen molar-refractivity contribution in [2.24, 2.45) is 0 Å². The van der Waals surface area contributed by atoms with Gasteiger partial charge >= 0.3 is 0 Å². The number of aromatic hydroxyl groups is 1. The molecule has 1 rings (SSSR count). The molecule has 5 nitrogen and oxygen atoms in total. The molecule has 16 heavy (non-hydrogen) atoms. The summed E-state index contributed by atoms with van der Waals surface area (Å²) < 4.78 is 0. The van der Waals surface area contributed by atoms with Crippen molar-refractivity contribution >= 4 is 5.69 Å². The number of nitrogens with two attached hydrogens (primary N) is 1. The number of nitrogens with zero attached hydrogens (tertiary/aromatic N) is 1. The topological polar surface area (TPSA) is 90.0 Å². The molecule has 90 valence electrons. The summed E-state index contributed by atoms with van der Waals surface area (Å²) in [6, 6.07) is 4.95. The summed E-state index contributed by atoms with van der Waals surface area (Å²) in [4.78, 5) is 1.85. The smallest absolute Gasteiger partial charge is 0.122 e. The Morgan fingerprint density at radius 1 is 1.12 bits per heavy atom. The van der Waals surface area contributed by atoms with Crippen molar-refractivity contribution < 1.29 is 15.3 Å². The largest absolute Gasteiger partial charge is 0.508 e. The van der Waals surface area contributed by atoms with Crippen molar-refractivity contribution in [3.8, 4) is 5.75 Å². The number of hydrogen-bond acceptors (Lipinski definition) is 5. The lowest BCUT2D eigenvalue weighted by molar-refractivity contribution is 0.155. The molecule has 5 N–H and O–H groups in total. The first kappa shape index (κ1) is 12.8. The maximum absolute atomic E-state index is 9.65. The Hall–Kier alpha value is -1.30. The highest BCUT2D eigenvalue weighted by Crippen LogP contribution is 2.21. The first-order chi connectivity index (χ1) is 7.67. The predicted octanol–water partition coefficient (Wildman–Crippen LogP) is -0.239. The van der Waals surface area contributed by atoms with E-state index in [1.54, 1.807) is 12.1 Å². The summed E-state index contributed by atoms with van der Waals surface area (Å²) in [7, 11) is 0. The lowest BCUT2D eigenvalue weighted by Gasteiger charge is -2.20. The van der Waals surface area contributed by atoms with Gasteiger partial charge in [0.15, 0.2) is 0 Å². The van der Waals surface area contributed by atoms with Gasteiger partial charge in [0.1, 0.15) is 5.75 Å². The van der Waals surface area contributed by atoms with Gasteiger partial charge in [-0.3, -0.25) is 4.90 Å². The minimum absolute atomic E-state index is 0.0235. The molecule has 0 spiro atoms. The second kappa shape index (κ2) is 6.32. The number of aliphatic hydroxyl groups excluding tert-OH is 2. The Morgan fingerprint density at radius 3 is 2.25 bits per heavy atom. The molecule has 0 saturated heterocycles. The van der Waals surface area contributed by atoms with Crippen LogP contribution >= 0.6 is 0 Å². The van der Waals surface area contributed by atoms with Crippen molar-refractivity contribution in [3.05, 3.63) is 23.8 Å². The van der Waals surface area contributed by atoms with E-state index in [1.165, 1.54) is 6.07 Å². The molecular weight excluding hydrogens is 208 g/mol. The van der Waals surface area contributed by atoms with Crippen LogP contribution in [0.25, 0.3) is 0 Å². The molecule has 0 saturated carbocycles. The van der Waals surface area contributed by atoms with Gasteiger partial charge in [0.2, 0.25) is 0 Å². The molecule has 0 atom stereocenters. The van der Waals surface area contributed by atoms with E-state index in [4.69, 9.17) is 15.9 Å². The van der Waals surface area contributed by atoms with Crippen molar-refractivity contribution in [2.75, 3.05) is 32.0 Å². The molecule has 0 aliphatic rings. The zero-order valence-electron chi connectivity index (χ0n) is 9.13. The molecule has 5 heteroatoms. The number of aliphatic hydroxyl groups is 2. The highest BCUT2D eigenvalue weighted by atomic mass is 16.3. The van der Waals surface area contributed by atoms with Crippen molar-refractivity contribution in [3.63, 3.8) is 0 Å². The monoisotopic (exact) mass is 226 g/mol. The average molecular weight is 226 g/mol. The fraction of sp³-hybridized carbons (Fsp3) is 0.455. The fourth-order valence-corrected chi connectivity index (χ4v) is 1.51. The minimum atomic E-state index is 0.0235. The maximum Gasteiger partial charge on any atom is 0.122 e. The van der Waals surface area contributed by atoms with Crippen molar-refractivity contribution in [2.45, 2.75) is 6.54 Å². The second-order valence-electron chi connectivity index (χ2n) is 3.61. The average Bonchev–Trinajstić information content (AvgIpc) is 2.23. The zero-order valence-corrected chi connectivity index (χ0v) is 9.13.